The van der Waals surface area contributed by atoms with E-state index in [1.54, 1.807) is 18.5 Å². The Morgan fingerprint density at radius 3 is 2.08 bits per heavy atom. The van der Waals surface area contributed by atoms with Crippen LogP contribution in [0.5, 0.6) is 0 Å². The second-order valence-electron chi connectivity index (χ2n) is 2.20. The lowest BCUT2D eigenvalue weighted by Gasteiger charge is -1.67. The lowest BCUT2D eigenvalue weighted by molar-refractivity contribution is 0.883. The highest BCUT2D eigenvalue weighted by molar-refractivity contribution is 4.94. The van der Waals surface area contributed by atoms with Crippen molar-refractivity contribution in [2.24, 2.45) is 0 Å². The monoisotopic (exact) mass is 173 g/mol. The number of hydrogen-bond acceptors (Lipinski definition) is 2. The molecule has 0 amide bonds. The van der Waals surface area contributed by atoms with E-state index in [0.717, 1.165) is 0 Å². The molecule has 3 nitrogen and oxygen atoms in total. The minimum atomic E-state index is 1.61. The zero-order valence-corrected chi connectivity index (χ0v) is 7.17. The van der Waals surface area contributed by atoms with E-state index in [0.29, 0.717) is 0 Å². The van der Waals surface area contributed by atoms with E-state index in [-0.39, 0.29) is 0 Å². The maximum Gasteiger partial charge on any atom is 0.0513 e. The zero-order chi connectivity index (χ0) is 9.19. The molecule has 0 aromatic carbocycles. The van der Waals surface area contributed by atoms with Gasteiger partial charge in [-0.15, -0.1) is 5.10 Å². The maximum absolute atomic E-state index is 3.72. The number of aromatic amines is 1. The Kier molecular flexibility index (Phi) is 4.80. The van der Waals surface area contributed by atoms with Gasteiger partial charge in [-0.05, 0) is 12.1 Å². The first-order valence-electron chi connectivity index (χ1n) is 3.97. The predicted molar refractivity (Wildman–Crippen MR) is 51.6 cm³/mol. The average molecular weight is 173 g/mol. The number of rotatable bonds is 0. The Morgan fingerprint density at radius 1 is 0.692 bits per heavy atom. The van der Waals surface area contributed by atoms with Gasteiger partial charge < -0.3 is 0 Å². The van der Waals surface area contributed by atoms with Gasteiger partial charge in [0.25, 0.3) is 0 Å². The summed E-state index contributed by atoms with van der Waals surface area (Å²) in [5.74, 6) is 0. The summed E-state index contributed by atoms with van der Waals surface area (Å²) in [7, 11) is 0. The van der Waals surface area contributed by atoms with Crippen molar-refractivity contribution in [3.05, 3.63) is 60.9 Å². The summed E-state index contributed by atoms with van der Waals surface area (Å²) in [6, 6.07) is 15.2. The molecular weight excluding hydrogens is 162 g/mol. The zero-order valence-electron chi connectivity index (χ0n) is 7.17. The van der Waals surface area contributed by atoms with Crippen LogP contribution in [0.25, 0.3) is 0 Å². The summed E-state index contributed by atoms with van der Waals surface area (Å²) in [6.07, 6.45) is 3.31. The third kappa shape index (κ3) is 5.38. The van der Waals surface area contributed by atoms with E-state index in [1.807, 2.05) is 42.5 Å². The third-order valence-corrected chi connectivity index (χ3v) is 1.22. The fraction of sp³-hybridized carbons (Fsp3) is 0. The maximum atomic E-state index is 3.72. The van der Waals surface area contributed by atoms with Gasteiger partial charge >= 0.3 is 0 Å². The molecule has 0 saturated carbocycles. The molecule has 0 aliphatic rings. The molecule has 0 spiro atoms. The van der Waals surface area contributed by atoms with Crippen LogP contribution in [0, 0.1) is 0 Å². The van der Waals surface area contributed by atoms with E-state index in [9.17, 15) is 0 Å². The smallest absolute Gasteiger partial charge is 0.0513 e. The van der Waals surface area contributed by atoms with Crippen LogP contribution in [0.15, 0.2) is 60.9 Å². The molecule has 1 rings (SSSR count). The number of aromatic nitrogens is 3. The number of nitrogens with zero attached hydrogens (tertiary/aromatic N) is 2. The van der Waals surface area contributed by atoms with Crippen molar-refractivity contribution in [2.45, 2.75) is 0 Å². The van der Waals surface area contributed by atoms with E-state index >= 15 is 0 Å². The normalized spacial score (nSPS) is 8.00. The number of H-pyrrole nitrogens is 1. The highest BCUT2D eigenvalue weighted by atomic mass is 15.3. The van der Waals surface area contributed by atoms with Gasteiger partial charge in [-0.25, -0.2) is 0 Å². The Labute approximate surface area is 77.1 Å². The molecule has 1 heterocycles. The Hall–Kier alpha value is -1.90. The first kappa shape index (κ1) is 9.19. The molecular formula is C10H11N3. The first-order chi connectivity index (χ1) is 6.50. The molecule has 1 N–H and O–H groups in total. The number of nitrogens with one attached hydrogen (secondary N) is 1. The summed E-state index contributed by atoms with van der Waals surface area (Å²) >= 11 is 0. The van der Waals surface area contributed by atoms with Crippen LogP contribution in [0.3, 0.4) is 0 Å². The lowest BCUT2D eigenvalue weighted by atomic mass is 10.4. The van der Waals surface area contributed by atoms with Gasteiger partial charge in [-0.1, -0.05) is 41.6 Å². The molecule has 1 aromatic heterocycles. The lowest BCUT2D eigenvalue weighted by Crippen LogP contribution is -1.73. The number of hydrogen-bond donors (Lipinski definition) is 1. The Bertz CT molecular complexity index is 204. The predicted octanol–water partition coefficient (Wildman–Crippen LogP) is 2.05. The van der Waals surface area contributed by atoms with Gasteiger partial charge in [0, 0.05) is 6.20 Å². The summed E-state index contributed by atoms with van der Waals surface area (Å²) in [5.41, 5.74) is 0. The van der Waals surface area contributed by atoms with Gasteiger partial charge in [-0.3, -0.25) is 5.10 Å². The second kappa shape index (κ2) is 6.79. The van der Waals surface area contributed by atoms with Crippen LogP contribution in [-0.2, 0) is 0 Å². The first-order valence-corrected chi connectivity index (χ1v) is 3.97. The van der Waals surface area contributed by atoms with Crippen molar-refractivity contribution >= 4 is 0 Å². The highest BCUT2D eigenvalue weighted by Crippen LogP contribution is 1.76. The van der Waals surface area contributed by atoms with Crippen molar-refractivity contribution in [3.63, 3.8) is 0 Å². The molecule has 0 atom stereocenters. The molecule has 0 aliphatic heterocycles. The van der Waals surface area contributed by atoms with Crippen LogP contribution >= 0.6 is 0 Å². The molecule has 0 aliphatic carbocycles. The second-order valence-corrected chi connectivity index (χ2v) is 2.20. The molecule has 1 aromatic rings. The Morgan fingerprint density at radius 2 is 1.31 bits per heavy atom. The largest absolute Gasteiger partial charge is 0.267 e. The van der Waals surface area contributed by atoms with Crippen molar-refractivity contribution < 1.29 is 0 Å². The van der Waals surface area contributed by atoms with Crippen molar-refractivity contribution in [2.75, 3.05) is 0 Å². The fourth-order valence-electron chi connectivity index (χ4n) is 0.672. The quantitative estimate of drug-likeness (QED) is 0.652. The SMILES string of the molecule is c1ccccc[nH]nncccc1. The van der Waals surface area contributed by atoms with Crippen LogP contribution in [-0.4, -0.2) is 15.4 Å². The molecule has 0 radical (unpaired) electrons. The van der Waals surface area contributed by atoms with E-state index in [1.165, 1.54) is 0 Å². The molecule has 66 valence electrons. The molecule has 0 bridgehead atoms. The van der Waals surface area contributed by atoms with E-state index in [2.05, 4.69) is 15.4 Å². The Balaban J connectivity index is 3.02. The topological polar surface area (TPSA) is 41.6 Å². The fourth-order valence-corrected chi connectivity index (χ4v) is 0.672. The van der Waals surface area contributed by atoms with Crippen molar-refractivity contribution in [3.8, 4) is 0 Å². The third-order valence-electron chi connectivity index (χ3n) is 1.22. The van der Waals surface area contributed by atoms with Crippen LogP contribution in [0.4, 0.5) is 0 Å². The van der Waals surface area contributed by atoms with Gasteiger partial charge in [-0.2, -0.15) is 0 Å². The van der Waals surface area contributed by atoms with E-state index < -0.39 is 0 Å². The summed E-state index contributed by atoms with van der Waals surface area (Å²) < 4.78 is 0. The standard InChI is InChI=1S/C10H11N3/c1-2-4-6-8-10-12-13-11-9-7-5-3-1/h1-10H,(H,11,12). The molecule has 3 heteroatoms. The summed E-state index contributed by atoms with van der Waals surface area (Å²) in [4.78, 5) is 0. The minimum absolute atomic E-state index is 1.61. The minimum Gasteiger partial charge on any atom is -0.267 e. The van der Waals surface area contributed by atoms with Gasteiger partial charge in [0.2, 0.25) is 0 Å². The highest BCUT2D eigenvalue weighted by Gasteiger charge is 1.58. The van der Waals surface area contributed by atoms with Crippen molar-refractivity contribution in [1.29, 1.82) is 0 Å². The average Bonchev–Trinajstić information content (AvgIpc) is 2.18. The van der Waals surface area contributed by atoms with Gasteiger partial charge in [0.05, 0.1) is 6.20 Å². The summed E-state index contributed by atoms with van der Waals surface area (Å²) in [5, 5.41) is 10.0. The van der Waals surface area contributed by atoms with E-state index in [4.69, 9.17) is 0 Å². The molecule has 0 fully saturated rings. The molecule has 0 saturated heterocycles. The van der Waals surface area contributed by atoms with Crippen molar-refractivity contribution in [1.82, 2.24) is 15.4 Å². The molecule has 0 unspecified atom stereocenters. The van der Waals surface area contributed by atoms with Crippen LogP contribution in [0.2, 0.25) is 0 Å². The van der Waals surface area contributed by atoms with Gasteiger partial charge in [0.15, 0.2) is 0 Å². The summed E-state index contributed by atoms with van der Waals surface area (Å²) in [6.45, 7) is 0. The molecule has 13 heavy (non-hydrogen) atoms. The van der Waals surface area contributed by atoms with Crippen LogP contribution < -0.4 is 0 Å². The van der Waals surface area contributed by atoms with Crippen LogP contribution in [0.1, 0.15) is 0 Å². The van der Waals surface area contributed by atoms with Gasteiger partial charge in [0.1, 0.15) is 0 Å².